The first-order valence-corrected chi connectivity index (χ1v) is 7.79. The van der Waals surface area contributed by atoms with Crippen LogP contribution in [0.4, 0.5) is 0 Å². The zero-order chi connectivity index (χ0) is 13.8. The highest BCUT2D eigenvalue weighted by Gasteiger charge is 2.30. The Balaban J connectivity index is 1.89. The third-order valence-corrected chi connectivity index (χ3v) is 4.78. The zero-order valence-electron chi connectivity index (χ0n) is 12.3. The largest absolute Gasteiger partial charge is 0.481 e. The molecule has 2 rings (SSSR count). The van der Waals surface area contributed by atoms with Gasteiger partial charge in [0, 0.05) is 18.6 Å². The Morgan fingerprint density at radius 2 is 1.84 bits per heavy atom. The standard InChI is InChI=1S/C15H28N2O2/c1-12(2)16-8-4-6-14(7-10-16)17-9-3-5-13(11-17)15(18)19/h12-14H,3-11H2,1-2H3,(H,18,19). The zero-order valence-corrected chi connectivity index (χ0v) is 12.3. The molecule has 110 valence electrons. The molecule has 0 amide bonds. The van der Waals surface area contributed by atoms with Crippen molar-refractivity contribution in [3.05, 3.63) is 0 Å². The number of hydrogen-bond donors (Lipinski definition) is 1. The normalized spacial score (nSPS) is 31.3. The van der Waals surface area contributed by atoms with E-state index in [0.29, 0.717) is 12.1 Å². The molecule has 0 aromatic heterocycles. The molecule has 0 bridgehead atoms. The highest BCUT2D eigenvalue weighted by Crippen LogP contribution is 2.24. The van der Waals surface area contributed by atoms with Crippen molar-refractivity contribution in [1.29, 1.82) is 0 Å². The summed E-state index contributed by atoms with van der Waals surface area (Å²) in [7, 11) is 0. The summed E-state index contributed by atoms with van der Waals surface area (Å²) in [6.45, 7) is 8.75. The lowest BCUT2D eigenvalue weighted by Gasteiger charge is -2.36. The van der Waals surface area contributed by atoms with Gasteiger partial charge in [-0.05, 0) is 65.6 Å². The first-order chi connectivity index (χ1) is 9.08. The lowest BCUT2D eigenvalue weighted by atomic mass is 9.95. The van der Waals surface area contributed by atoms with E-state index in [-0.39, 0.29) is 5.92 Å². The summed E-state index contributed by atoms with van der Waals surface area (Å²) < 4.78 is 0. The van der Waals surface area contributed by atoms with Crippen molar-refractivity contribution in [2.45, 2.75) is 58.0 Å². The molecule has 2 aliphatic heterocycles. The summed E-state index contributed by atoms with van der Waals surface area (Å²) in [4.78, 5) is 16.2. The minimum atomic E-state index is -0.609. The summed E-state index contributed by atoms with van der Waals surface area (Å²) in [5.41, 5.74) is 0. The monoisotopic (exact) mass is 268 g/mol. The van der Waals surface area contributed by atoms with Gasteiger partial charge in [-0.2, -0.15) is 0 Å². The Kier molecular flexibility index (Phi) is 5.22. The Morgan fingerprint density at radius 3 is 2.53 bits per heavy atom. The number of aliphatic carboxylic acids is 1. The number of carboxylic acid groups (broad SMARTS) is 1. The maximum atomic E-state index is 11.2. The van der Waals surface area contributed by atoms with Gasteiger partial charge in [0.15, 0.2) is 0 Å². The number of likely N-dealkylation sites (tertiary alicyclic amines) is 2. The van der Waals surface area contributed by atoms with Crippen molar-refractivity contribution in [3.63, 3.8) is 0 Å². The molecule has 2 atom stereocenters. The molecule has 4 heteroatoms. The van der Waals surface area contributed by atoms with Gasteiger partial charge in [0.25, 0.3) is 0 Å². The average molecular weight is 268 g/mol. The molecular weight excluding hydrogens is 240 g/mol. The van der Waals surface area contributed by atoms with Gasteiger partial charge in [0.05, 0.1) is 5.92 Å². The molecule has 0 aromatic rings. The maximum Gasteiger partial charge on any atom is 0.307 e. The Labute approximate surface area is 116 Å². The van der Waals surface area contributed by atoms with Crippen LogP contribution in [0.5, 0.6) is 0 Å². The number of hydrogen-bond acceptors (Lipinski definition) is 3. The van der Waals surface area contributed by atoms with Crippen molar-refractivity contribution in [2.75, 3.05) is 26.2 Å². The molecule has 0 aromatic carbocycles. The van der Waals surface area contributed by atoms with Crippen molar-refractivity contribution in [3.8, 4) is 0 Å². The van der Waals surface area contributed by atoms with E-state index in [1.807, 2.05) is 0 Å². The van der Waals surface area contributed by atoms with E-state index in [9.17, 15) is 9.90 Å². The number of carbonyl (C=O) groups is 1. The molecule has 2 saturated heterocycles. The second kappa shape index (κ2) is 6.71. The predicted octanol–water partition coefficient (Wildman–Crippen LogP) is 2.05. The molecule has 0 radical (unpaired) electrons. The van der Waals surface area contributed by atoms with E-state index < -0.39 is 5.97 Å². The maximum absolute atomic E-state index is 11.2. The van der Waals surface area contributed by atoms with E-state index >= 15 is 0 Å². The molecular formula is C15H28N2O2. The van der Waals surface area contributed by atoms with Gasteiger partial charge in [-0.25, -0.2) is 0 Å². The minimum Gasteiger partial charge on any atom is -0.481 e. The van der Waals surface area contributed by atoms with E-state index in [2.05, 4.69) is 23.6 Å². The highest BCUT2D eigenvalue weighted by molar-refractivity contribution is 5.70. The molecule has 2 fully saturated rings. The van der Waals surface area contributed by atoms with Gasteiger partial charge in [-0.1, -0.05) is 0 Å². The van der Waals surface area contributed by atoms with Crippen molar-refractivity contribution in [1.82, 2.24) is 9.80 Å². The van der Waals surface area contributed by atoms with Gasteiger partial charge in [0.1, 0.15) is 0 Å². The summed E-state index contributed by atoms with van der Waals surface area (Å²) in [5.74, 6) is -0.750. The Morgan fingerprint density at radius 1 is 1.11 bits per heavy atom. The third-order valence-electron chi connectivity index (χ3n) is 4.78. The topological polar surface area (TPSA) is 43.8 Å². The van der Waals surface area contributed by atoms with Crippen LogP contribution in [0.1, 0.15) is 46.0 Å². The van der Waals surface area contributed by atoms with Crippen LogP contribution in [0.2, 0.25) is 0 Å². The van der Waals surface area contributed by atoms with Gasteiger partial charge in [-0.3, -0.25) is 9.69 Å². The lowest BCUT2D eigenvalue weighted by molar-refractivity contribution is -0.144. The molecule has 2 unspecified atom stereocenters. The Hall–Kier alpha value is -0.610. The van der Waals surface area contributed by atoms with E-state index in [0.717, 1.165) is 32.5 Å². The number of piperidine rings is 1. The van der Waals surface area contributed by atoms with Crippen LogP contribution in [-0.4, -0.2) is 59.1 Å². The molecule has 2 heterocycles. The van der Waals surface area contributed by atoms with E-state index in [4.69, 9.17) is 0 Å². The summed E-state index contributed by atoms with van der Waals surface area (Å²) in [6.07, 6.45) is 5.58. The quantitative estimate of drug-likeness (QED) is 0.851. The van der Waals surface area contributed by atoms with Crippen LogP contribution in [0, 0.1) is 5.92 Å². The lowest BCUT2D eigenvalue weighted by Crippen LogP contribution is -2.45. The Bertz CT molecular complexity index is 307. The van der Waals surface area contributed by atoms with Crippen LogP contribution in [-0.2, 0) is 4.79 Å². The van der Waals surface area contributed by atoms with Gasteiger partial charge in [-0.15, -0.1) is 0 Å². The second-order valence-electron chi connectivity index (χ2n) is 6.39. The molecule has 0 spiro atoms. The fraction of sp³-hybridized carbons (Fsp3) is 0.933. The highest BCUT2D eigenvalue weighted by atomic mass is 16.4. The first kappa shape index (κ1) is 14.8. The molecule has 2 aliphatic rings. The number of rotatable bonds is 3. The third kappa shape index (κ3) is 3.93. The van der Waals surface area contributed by atoms with Crippen LogP contribution in [0.25, 0.3) is 0 Å². The van der Waals surface area contributed by atoms with Crippen LogP contribution >= 0.6 is 0 Å². The fourth-order valence-electron chi connectivity index (χ4n) is 3.52. The van der Waals surface area contributed by atoms with Crippen LogP contribution in [0.3, 0.4) is 0 Å². The van der Waals surface area contributed by atoms with E-state index in [1.165, 1.54) is 25.8 Å². The van der Waals surface area contributed by atoms with Crippen LogP contribution in [0.15, 0.2) is 0 Å². The summed E-state index contributed by atoms with van der Waals surface area (Å²) >= 11 is 0. The molecule has 1 N–H and O–H groups in total. The molecule has 0 saturated carbocycles. The van der Waals surface area contributed by atoms with Gasteiger partial charge < -0.3 is 10.0 Å². The number of nitrogens with zero attached hydrogens (tertiary/aromatic N) is 2. The minimum absolute atomic E-state index is 0.141. The average Bonchev–Trinajstić information content (AvgIpc) is 2.64. The smallest absolute Gasteiger partial charge is 0.307 e. The van der Waals surface area contributed by atoms with Gasteiger partial charge >= 0.3 is 5.97 Å². The second-order valence-corrected chi connectivity index (χ2v) is 6.39. The molecule has 19 heavy (non-hydrogen) atoms. The number of carboxylic acids is 1. The summed E-state index contributed by atoms with van der Waals surface area (Å²) in [5, 5.41) is 9.19. The summed E-state index contributed by atoms with van der Waals surface area (Å²) in [6, 6.07) is 1.23. The molecule has 0 aliphatic carbocycles. The van der Waals surface area contributed by atoms with Crippen molar-refractivity contribution >= 4 is 5.97 Å². The fourth-order valence-corrected chi connectivity index (χ4v) is 3.52. The van der Waals surface area contributed by atoms with Crippen LogP contribution < -0.4 is 0 Å². The van der Waals surface area contributed by atoms with Gasteiger partial charge in [0.2, 0.25) is 0 Å². The predicted molar refractivity (Wildman–Crippen MR) is 76.3 cm³/mol. The SMILES string of the molecule is CC(C)N1CCCC(N2CCCC(C(=O)O)C2)CC1. The van der Waals surface area contributed by atoms with Crippen molar-refractivity contribution in [2.24, 2.45) is 5.92 Å². The molecule has 4 nitrogen and oxygen atoms in total. The first-order valence-electron chi connectivity index (χ1n) is 7.79. The van der Waals surface area contributed by atoms with E-state index in [1.54, 1.807) is 0 Å². The van der Waals surface area contributed by atoms with Crippen molar-refractivity contribution < 1.29 is 9.90 Å².